The minimum atomic E-state index is -4.53. The Hall–Kier alpha value is -5.27. The van der Waals surface area contributed by atoms with E-state index in [4.69, 9.17) is 27.9 Å². The fraction of sp³-hybridized carbons (Fsp3) is 0.297. The number of benzene rings is 4. The first-order valence-corrected chi connectivity index (χ1v) is 16.9. The van der Waals surface area contributed by atoms with E-state index >= 15 is 0 Å². The number of ether oxygens (including phenoxy) is 5. The Kier molecular flexibility index (Phi) is 12.0. The third-order valence-corrected chi connectivity index (χ3v) is 8.72. The molecule has 0 spiro atoms. The molecule has 0 heterocycles. The van der Waals surface area contributed by atoms with E-state index < -0.39 is 63.5 Å². The Morgan fingerprint density at radius 3 is 2.14 bits per heavy atom. The van der Waals surface area contributed by atoms with Crippen molar-refractivity contribution in [2.45, 2.75) is 51.4 Å². The molecule has 4 rings (SSSR count). The number of phenols is 2. The Balaban J connectivity index is 1.84. The zero-order valence-electron chi connectivity index (χ0n) is 28.5. The molecule has 266 valence electrons. The third kappa shape index (κ3) is 9.45. The van der Waals surface area contributed by atoms with E-state index in [9.17, 15) is 28.2 Å². The van der Waals surface area contributed by atoms with Crippen molar-refractivity contribution in [2.24, 2.45) is 5.41 Å². The van der Waals surface area contributed by atoms with Gasteiger partial charge in [0.1, 0.15) is 13.2 Å². The van der Waals surface area contributed by atoms with Gasteiger partial charge in [-0.3, -0.25) is 8.98 Å². The van der Waals surface area contributed by atoms with Gasteiger partial charge in [0.15, 0.2) is 35.2 Å². The molecule has 0 saturated carbocycles. The zero-order valence-corrected chi connectivity index (χ0v) is 29.4. The van der Waals surface area contributed by atoms with Gasteiger partial charge < -0.3 is 33.9 Å². The van der Waals surface area contributed by atoms with Crippen LogP contribution in [0.1, 0.15) is 53.9 Å². The van der Waals surface area contributed by atoms with E-state index in [1.807, 2.05) is 30.3 Å². The minimum absolute atomic E-state index is 0.176. The topological polar surface area (TPSA) is 164 Å². The van der Waals surface area contributed by atoms with Crippen molar-refractivity contribution in [1.29, 1.82) is 0 Å². The lowest BCUT2D eigenvalue weighted by atomic mass is 9.97. The molecule has 0 aliphatic heterocycles. The molecule has 0 radical (unpaired) electrons. The van der Waals surface area contributed by atoms with E-state index in [-0.39, 0.29) is 28.4 Å². The van der Waals surface area contributed by atoms with Gasteiger partial charge in [-0.2, -0.15) is 8.42 Å². The average molecular weight is 709 g/mol. The molecule has 0 aliphatic rings. The highest BCUT2D eigenvalue weighted by Crippen LogP contribution is 2.42. The van der Waals surface area contributed by atoms with Crippen molar-refractivity contribution in [3.63, 3.8) is 0 Å². The number of aromatic hydroxyl groups is 2. The Labute approximate surface area is 291 Å². The Morgan fingerprint density at radius 2 is 1.52 bits per heavy atom. The molecular weight excluding hydrogens is 668 g/mol. The summed E-state index contributed by atoms with van der Waals surface area (Å²) in [5.74, 6) is -2.84. The standard InChI is InChI=1S/C37H40O12S/c1-23-12-15-27(16-13-23)50(42,43)49-32(22-47-36(41)37(2,3)4)34(48-31-20-26(35(40)45-6)18-28(38)33(31)39)25-14-17-29(30(19-25)44-5)46-21-24-10-8-7-9-11-24/h7-20,32,34,38-39H,21-22H2,1-6H3/t32-,34-/m1/s1. The van der Waals surface area contributed by atoms with Crippen molar-refractivity contribution in [3.8, 4) is 28.7 Å². The molecular formula is C37H40O12S. The first-order valence-electron chi connectivity index (χ1n) is 15.5. The van der Waals surface area contributed by atoms with Gasteiger partial charge in [0, 0.05) is 0 Å². The van der Waals surface area contributed by atoms with E-state index in [1.165, 1.54) is 25.3 Å². The molecule has 2 N–H and O–H groups in total. The summed E-state index contributed by atoms with van der Waals surface area (Å²) < 4.78 is 61.2. The van der Waals surface area contributed by atoms with Crippen LogP contribution >= 0.6 is 0 Å². The number of hydrogen-bond donors (Lipinski definition) is 2. The van der Waals surface area contributed by atoms with Crippen molar-refractivity contribution in [3.05, 3.63) is 107 Å². The van der Waals surface area contributed by atoms with Gasteiger partial charge >= 0.3 is 11.9 Å². The first kappa shape index (κ1) is 37.5. The van der Waals surface area contributed by atoms with E-state index in [1.54, 1.807) is 52.0 Å². The largest absolute Gasteiger partial charge is 0.504 e. The SMILES string of the molecule is COC(=O)c1cc(O)c(O)c(O[C@H](c2ccc(OCc3ccccc3)c(OC)c2)[C@@H](COC(=O)C(C)(C)C)OS(=O)(=O)c2ccc(C)cc2)c1. The molecule has 0 saturated heterocycles. The van der Waals surface area contributed by atoms with Crippen LogP contribution in [0, 0.1) is 12.3 Å². The van der Waals surface area contributed by atoms with Crippen LogP contribution in [0.5, 0.6) is 28.7 Å². The normalized spacial score (nSPS) is 12.8. The van der Waals surface area contributed by atoms with Crippen molar-refractivity contribution >= 4 is 22.1 Å². The fourth-order valence-electron chi connectivity index (χ4n) is 4.59. The summed E-state index contributed by atoms with van der Waals surface area (Å²) in [6, 6.07) is 22.1. The number of carbonyl (C=O) groups excluding carboxylic acids is 2. The van der Waals surface area contributed by atoms with Gasteiger partial charge in [0.05, 0.1) is 30.1 Å². The Morgan fingerprint density at radius 1 is 0.840 bits per heavy atom. The maximum Gasteiger partial charge on any atom is 0.338 e. The highest BCUT2D eigenvalue weighted by molar-refractivity contribution is 7.86. The molecule has 0 amide bonds. The fourth-order valence-corrected chi connectivity index (χ4v) is 5.66. The van der Waals surface area contributed by atoms with Crippen molar-refractivity contribution < 1.29 is 56.1 Å². The summed E-state index contributed by atoms with van der Waals surface area (Å²) in [4.78, 5) is 25.1. The quantitative estimate of drug-likeness (QED) is 0.0859. The second-order valence-corrected chi connectivity index (χ2v) is 13.9. The molecule has 0 fully saturated rings. The number of rotatable bonds is 14. The maximum absolute atomic E-state index is 13.7. The van der Waals surface area contributed by atoms with Gasteiger partial charge in [-0.1, -0.05) is 54.1 Å². The summed E-state index contributed by atoms with van der Waals surface area (Å²) in [6.45, 7) is 6.25. The number of hydrogen-bond acceptors (Lipinski definition) is 12. The van der Waals surface area contributed by atoms with Crippen LogP contribution in [-0.2, 0) is 35.2 Å². The third-order valence-electron chi connectivity index (χ3n) is 7.37. The summed E-state index contributed by atoms with van der Waals surface area (Å²) in [5, 5.41) is 21.3. The van der Waals surface area contributed by atoms with Crippen molar-refractivity contribution in [1.82, 2.24) is 0 Å². The van der Waals surface area contributed by atoms with Crippen LogP contribution in [-0.4, -0.2) is 57.5 Å². The summed E-state index contributed by atoms with van der Waals surface area (Å²) >= 11 is 0. The van der Waals surface area contributed by atoms with Crippen LogP contribution < -0.4 is 14.2 Å². The van der Waals surface area contributed by atoms with Crippen molar-refractivity contribution in [2.75, 3.05) is 20.8 Å². The number of methoxy groups -OCH3 is 2. The molecule has 50 heavy (non-hydrogen) atoms. The number of aryl methyl sites for hydroxylation is 1. The average Bonchev–Trinajstić information content (AvgIpc) is 3.09. The molecule has 0 bridgehead atoms. The van der Waals surface area contributed by atoms with Gasteiger partial charge in [0.25, 0.3) is 10.1 Å². The van der Waals surface area contributed by atoms with E-state index in [0.29, 0.717) is 5.75 Å². The first-order chi connectivity index (χ1) is 23.6. The van der Waals surface area contributed by atoms with Crippen LogP contribution in [0.4, 0.5) is 0 Å². The lowest BCUT2D eigenvalue weighted by Crippen LogP contribution is -2.36. The smallest absolute Gasteiger partial charge is 0.338 e. The minimum Gasteiger partial charge on any atom is -0.504 e. The van der Waals surface area contributed by atoms with Crippen LogP contribution in [0.3, 0.4) is 0 Å². The van der Waals surface area contributed by atoms with E-state index in [2.05, 4.69) is 0 Å². The molecule has 0 aromatic heterocycles. The highest BCUT2D eigenvalue weighted by atomic mass is 32.2. The lowest BCUT2D eigenvalue weighted by molar-refractivity contribution is -0.157. The second-order valence-electron chi connectivity index (χ2n) is 12.3. The highest BCUT2D eigenvalue weighted by Gasteiger charge is 2.36. The summed E-state index contributed by atoms with van der Waals surface area (Å²) in [5.41, 5.74) is 0.797. The molecule has 4 aromatic rings. The van der Waals surface area contributed by atoms with Crippen LogP contribution in [0.25, 0.3) is 0 Å². The predicted octanol–water partition coefficient (Wildman–Crippen LogP) is 6.26. The monoisotopic (exact) mass is 708 g/mol. The van der Waals surface area contributed by atoms with Gasteiger partial charge in [-0.05, 0) is 75.2 Å². The molecule has 0 unspecified atom stereocenters. The molecule has 13 heteroatoms. The number of carbonyl (C=O) groups is 2. The second kappa shape index (κ2) is 16.0. The Bertz CT molecular complexity index is 1900. The summed E-state index contributed by atoms with van der Waals surface area (Å²) in [6.07, 6.45) is -3.09. The molecule has 2 atom stereocenters. The van der Waals surface area contributed by atoms with Crippen LogP contribution in [0.2, 0.25) is 0 Å². The van der Waals surface area contributed by atoms with Gasteiger partial charge in [0.2, 0.25) is 5.75 Å². The summed E-state index contributed by atoms with van der Waals surface area (Å²) in [7, 11) is -1.98. The predicted molar refractivity (Wildman–Crippen MR) is 182 cm³/mol. The molecule has 0 aliphatic carbocycles. The molecule has 4 aromatic carbocycles. The number of phenolic OH excluding ortho intramolecular Hbond substituents is 2. The van der Waals surface area contributed by atoms with Gasteiger partial charge in [-0.15, -0.1) is 0 Å². The maximum atomic E-state index is 13.7. The number of esters is 2. The molecule has 12 nitrogen and oxygen atoms in total. The van der Waals surface area contributed by atoms with Crippen LogP contribution in [0.15, 0.2) is 89.8 Å². The zero-order chi connectivity index (χ0) is 36.6. The van der Waals surface area contributed by atoms with E-state index in [0.717, 1.165) is 30.4 Å². The van der Waals surface area contributed by atoms with Gasteiger partial charge in [-0.25, -0.2) is 4.79 Å². The lowest BCUT2D eigenvalue weighted by Gasteiger charge is -2.29.